The second kappa shape index (κ2) is 7.74. The van der Waals surface area contributed by atoms with Gasteiger partial charge in [0.15, 0.2) is 0 Å². The zero-order valence-corrected chi connectivity index (χ0v) is 12.5. The maximum absolute atomic E-state index is 12.4. The number of likely N-dealkylation sites (tertiary alicyclic amines) is 1. The van der Waals surface area contributed by atoms with Crippen molar-refractivity contribution in [1.29, 1.82) is 0 Å². The highest BCUT2D eigenvalue weighted by Gasteiger charge is 2.26. The van der Waals surface area contributed by atoms with Crippen LogP contribution < -0.4 is 0 Å². The van der Waals surface area contributed by atoms with Gasteiger partial charge in [-0.05, 0) is 53.5 Å². The van der Waals surface area contributed by atoms with E-state index in [2.05, 4.69) is 30.9 Å². The molecule has 1 atom stereocenters. The molecule has 0 N–H and O–H groups in total. The largest absolute Gasteiger partial charge is 0.344 e. The molecule has 1 rings (SSSR count). The molecule has 4 heteroatoms. The van der Waals surface area contributed by atoms with Crippen LogP contribution in [0.2, 0.25) is 0 Å². The number of likely N-dealkylation sites (N-methyl/N-ethyl adjacent to an activating group) is 2. The number of hydrogen-bond donors (Lipinski definition) is 0. The molecule has 0 aliphatic carbocycles. The highest BCUT2D eigenvalue weighted by molar-refractivity contribution is 5.81. The summed E-state index contributed by atoms with van der Waals surface area (Å²) < 4.78 is 0. The van der Waals surface area contributed by atoms with Crippen LogP contribution in [0.4, 0.5) is 0 Å². The molecule has 0 radical (unpaired) electrons. The van der Waals surface area contributed by atoms with Gasteiger partial charge in [0.1, 0.15) is 0 Å². The van der Waals surface area contributed by atoms with E-state index in [0.717, 1.165) is 32.5 Å². The highest BCUT2D eigenvalue weighted by Crippen LogP contribution is 2.16. The highest BCUT2D eigenvalue weighted by atomic mass is 16.2. The van der Waals surface area contributed by atoms with Gasteiger partial charge in [-0.3, -0.25) is 9.69 Å². The molecular formula is C14H29N3O. The summed E-state index contributed by atoms with van der Waals surface area (Å²) in [5, 5.41) is 0. The SMILES string of the molecule is CN(C)CCCN(C)C(=O)C1CCCCCN1C. The maximum Gasteiger partial charge on any atom is 0.239 e. The Morgan fingerprint density at radius 3 is 2.56 bits per heavy atom. The van der Waals surface area contributed by atoms with Crippen LogP contribution in [-0.2, 0) is 4.79 Å². The molecule has 1 fully saturated rings. The molecule has 1 aliphatic heterocycles. The van der Waals surface area contributed by atoms with E-state index >= 15 is 0 Å². The van der Waals surface area contributed by atoms with E-state index in [1.807, 2.05) is 11.9 Å². The van der Waals surface area contributed by atoms with Gasteiger partial charge >= 0.3 is 0 Å². The number of nitrogens with zero attached hydrogens (tertiary/aromatic N) is 3. The van der Waals surface area contributed by atoms with Crippen molar-refractivity contribution < 1.29 is 4.79 Å². The molecule has 0 aromatic heterocycles. The third-order valence-corrected chi connectivity index (χ3v) is 3.78. The second-order valence-corrected chi connectivity index (χ2v) is 5.76. The minimum atomic E-state index is 0.108. The zero-order chi connectivity index (χ0) is 13.5. The van der Waals surface area contributed by atoms with E-state index in [1.54, 1.807) is 0 Å². The summed E-state index contributed by atoms with van der Waals surface area (Å²) in [6.07, 6.45) is 5.74. The van der Waals surface area contributed by atoms with Gasteiger partial charge in [0, 0.05) is 13.6 Å². The number of carbonyl (C=O) groups is 1. The molecule has 0 aromatic carbocycles. The van der Waals surface area contributed by atoms with Crippen molar-refractivity contribution in [1.82, 2.24) is 14.7 Å². The van der Waals surface area contributed by atoms with Crippen molar-refractivity contribution in [2.45, 2.75) is 38.1 Å². The molecular weight excluding hydrogens is 226 g/mol. The quantitative estimate of drug-likeness (QED) is 0.740. The van der Waals surface area contributed by atoms with Crippen LogP contribution in [-0.4, -0.2) is 74.5 Å². The smallest absolute Gasteiger partial charge is 0.239 e. The molecule has 0 bridgehead atoms. The van der Waals surface area contributed by atoms with E-state index in [4.69, 9.17) is 0 Å². The van der Waals surface area contributed by atoms with Gasteiger partial charge in [0.05, 0.1) is 6.04 Å². The molecule has 106 valence electrons. The number of hydrogen-bond acceptors (Lipinski definition) is 3. The summed E-state index contributed by atoms with van der Waals surface area (Å²) in [4.78, 5) is 18.7. The summed E-state index contributed by atoms with van der Waals surface area (Å²) in [7, 11) is 8.17. The van der Waals surface area contributed by atoms with Crippen molar-refractivity contribution in [3.63, 3.8) is 0 Å². The van der Waals surface area contributed by atoms with Gasteiger partial charge < -0.3 is 9.80 Å². The van der Waals surface area contributed by atoms with Crippen LogP contribution in [0.1, 0.15) is 32.1 Å². The first-order chi connectivity index (χ1) is 8.52. The van der Waals surface area contributed by atoms with Crippen LogP contribution in [0.3, 0.4) is 0 Å². The molecule has 1 amide bonds. The predicted octanol–water partition coefficient (Wildman–Crippen LogP) is 1.27. The molecule has 1 aliphatic rings. The molecule has 1 saturated heterocycles. The van der Waals surface area contributed by atoms with E-state index in [0.29, 0.717) is 5.91 Å². The maximum atomic E-state index is 12.4. The molecule has 18 heavy (non-hydrogen) atoms. The van der Waals surface area contributed by atoms with E-state index in [1.165, 1.54) is 19.3 Å². The summed E-state index contributed by atoms with van der Waals surface area (Å²) in [6.45, 7) is 2.96. The van der Waals surface area contributed by atoms with Gasteiger partial charge in [-0.15, -0.1) is 0 Å². The number of rotatable bonds is 5. The summed E-state index contributed by atoms with van der Waals surface area (Å²) in [6, 6.07) is 0.108. The number of carbonyl (C=O) groups excluding carboxylic acids is 1. The standard InChI is InChI=1S/C14H29N3O/c1-15(2)10-8-12-17(4)14(18)13-9-6-5-7-11-16(13)3/h13H,5-12H2,1-4H3. The van der Waals surface area contributed by atoms with E-state index < -0.39 is 0 Å². The van der Waals surface area contributed by atoms with E-state index in [9.17, 15) is 4.79 Å². The lowest BCUT2D eigenvalue weighted by Gasteiger charge is -2.29. The Kier molecular flexibility index (Phi) is 6.65. The lowest BCUT2D eigenvalue weighted by molar-refractivity contribution is -0.135. The monoisotopic (exact) mass is 255 g/mol. The normalized spacial score (nSPS) is 21.9. The fourth-order valence-electron chi connectivity index (χ4n) is 2.55. The summed E-state index contributed by atoms with van der Waals surface area (Å²) in [5.41, 5.74) is 0. The molecule has 1 heterocycles. The van der Waals surface area contributed by atoms with Crippen LogP contribution in [0, 0.1) is 0 Å². The minimum Gasteiger partial charge on any atom is -0.344 e. The van der Waals surface area contributed by atoms with Crippen molar-refractivity contribution in [2.24, 2.45) is 0 Å². The lowest BCUT2D eigenvalue weighted by atomic mass is 10.1. The fourth-order valence-corrected chi connectivity index (χ4v) is 2.55. The van der Waals surface area contributed by atoms with Gasteiger partial charge in [-0.1, -0.05) is 12.8 Å². The Balaban J connectivity index is 2.40. The molecule has 4 nitrogen and oxygen atoms in total. The third-order valence-electron chi connectivity index (χ3n) is 3.78. The Morgan fingerprint density at radius 2 is 1.89 bits per heavy atom. The topological polar surface area (TPSA) is 26.8 Å². The second-order valence-electron chi connectivity index (χ2n) is 5.76. The lowest BCUT2D eigenvalue weighted by Crippen LogP contribution is -2.46. The fraction of sp³-hybridized carbons (Fsp3) is 0.929. The van der Waals surface area contributed by atoms with Gasteiger partial charge in [-0.2, -0.15) is 0 Å². The molecule has 0 spiro atoms. The first kappa shape index (κ1) is 15.4. The van der Waals surface area contributed by atoms with Crippen LogP contribution >= 0.6 is 0 Å². The Bertz CT molecular complexity index is 255. The van der Waals surface area contributed by atoms with Crippen molar-refractivity contribution in [2.75, 3.05) is 47.8 Å². The van der Waals surface area contributed by atoms with Crippen molar-refractivity contribution in [3.05, 3.63) is 0 Å². The van der Waals surface area contributed by atoms with Gasteiger partial charge in [-0.25, -0.2) is 0 Å². The first-order valence-corrected chi connectivity index (χ1v) is 7.12. The summed E-state index contributed by atoms with van der Waals surface area (Å²) >= 11 is 0. The van der Waals surface area contributed by atoms with Crippen LogP contribution in [0.25, 0.3) is 0 Å². The Hall–Kier alpha value is -0.610. The zero-order valence-electron chi connectivity index (χ0n) is 12.5. The minimum absolute atomic E-state index is 0.108. The van der Waals surface area contributed by atoms with Gasteiger partial charge in [0.25, 0.3) is 0 Å². The number of amides is 1. The third kappa shape index (κ3) is 4.94. The van der Waals surface area contributed by atoms with E-state index in [-0.39, 0.29) is 6.04 Å². The van der Waals surface area contributed by atoms with Crippen molar-refractivity contribution >= 4 is 5.91 Å². The summed E-state index contributed by atoms with van der Waals surface area (Å²) in [5.74, 6) is 0.304. The average Bonchev–Trinajstić information content (AvgIpc) is 2.52. The molecule has 0 saturated carbocycles. The van der Waals surface area contributed by atoms with Crippen LogP contribution in [0.15, 0.2) is 0 Å². The van der Waals surface area contributed by atoms with Gasteiger partial charge in [0.2, 0.25) is 5.91 Å². The Morgan fingerprint density at radius 1 is 1.17 bits per heavy atom. The predicted molar refractivity (Wildman–Crippen MR) is 75.7 cm³/mol. The Labute approximate surface area is 112 Å². The van der Waals surface area contributed by atoms with Crippen molar-refractivity contribution in [3.8, 4) is 0 Å². The van der Waals surface area contributed by atoms with Crippen LogP contribution in [0.5, 0.6) is 0 Å². The average molecular weight is 255 g/mol. The molecule has 0 aromatic rings. The molecule has 1 unspecified atom stereocenters. The first-order valence-electron chi connectivity index (χ1n) is 7.12.